The average molecular weight is 331 g/mol. The number of hydrogen-bond donors (Lipinski definition) is 0. The van der Waals surface area contributed by atoms with E-state index in [-0.39, 0.29) is 12.0 Å². The third-order valence-corrected chi connectivity index (χ3v) is 4.84. The Morgan fingerprint density at radius 1 is 1.39 bits per heavy atom. The molecule has 122 valence electrons. The molecular formula is C18H21NO3S. The first-order chi connectivity index (χ1) is 11.3. The standard InChI is InChI=1S/C18H21NO3S/c1-21-15-6-2-5-14(11-15)18(20)19(12-16-7-3-9-22-16)13-17-8-4-10-23-17/h2,4-6,8,10-11,16H,3,7,9,12-13H2,1H3. The van der Waals surface area contributed by atoms with Gasteiger partial charge in [0.05, 0.1) is 19.8 Å². The van der Waals surface area contributed by atoms with Gasteiger partial charge < -0.3 is 14.4 Å². The molecule has 0 radical (unpaired) electrons. The Bertz CT molecular complexity index is 635. The van der Waals surface area contributed by atoms with Gasteiger partial charge in [0.2, 0.25) is 0 Å². The van der Waals surface area contributed by atoms with Gasteiger partial charge in [0, 0.05) is 23.6 Å². The highest BCUT2D eigenvalue weighted by molar-refractivity contribution is 7.09. The van der Waals surface area contributed by atoms with Gasteiger partial charge in [-0.05, 0) is 42.5 Å². The molecular weight excluding hydrogens is 310 g/mol. The van der Waals surface area contributed by atoms with Crippen LogP contribution in [0.5, 0.6) is 5.75 Å². The molecule has 1 unspecified atom stereocenters. The molecule has 1 aromatic heterocycles. The lowest BCUT2D eigenvalue weighted by atomic mass is 10.1. The van der Waals surface area contributed by atoms with Crippen LogP contribution in [0.15, 0.2) is 41.8 Å². The van der Waals surface area contributed by atoms with Crippen molar-refractivity contribution in [1.82, 2.24) is 4.90 Å². The Kier molecular flexibility index (Phi) is 5.31. The molecule has 0 bridgehead atoms. The summed E-state index contributed by atoms with van der Waals surface area (Å²) in [6.45, 7) is 2.05. The highest BCUT2D eigenvalue weighted by Gasteiger charge is 2.24. The van der Waals surface area contributed by atoms with E-state index in [0.29, 0.717) is 24.4 Å². The molecule has 5 heteroatoms. The molecule has 1 aliphatic heterocycles. The summed E-state index contributed by atoms with van der Waals surface area (Å²) in [4.78, 5) is 16.0. The second-order valence-corrected chi connectivity index (χ2v) is 6.66. The van der Waals surface area contributed by atoms with E-state index >= 15 is 0 Å². The number of methoxy groups -OCH3 is 1. The zero-order chi connectivity index (χ0) is 16.1. The molecule has 1 saturated heterocycles. The molecule has 2 heterocycles. The molecule has 4 nitrogen and oxygen atoms in total. The summed E-state index contributed by atoms with van der Waals surface area (Å²) in [6, 6.07) is 11.4. The normalized spacial score (nSPS) is 17.2. The summed E-state index contributed by atoms with van der Waals surface area (Å²) < 4.78 is 10.9. The summed E-state index contributed by atoms with van der Waals surface area (Å²) in [6.07, 6.45) is 2.24. The minimum atomic E-state index is 0.0211. The fraction of sp³-hybridized carbons (Fsp3) is 0.389. The van der Waals surface area contributed by atoms with E-state index in [9.17, 15) is 4.79 Å². The van der Waals surface area contributed by atoms with Gasteiger partial charge in [-0.15, -0.1) is 11.3 Å². The van der Waals surface area contributed by atoms with Crippen molar-refractivity contribution in [3.63, 3.8) is 0 Å². The van der Waals surface area contributed by atoms with Crippen LogP contribution in [0.2, 0.25) is 0 Å². The van der Waals surface area contributed by atoms with Crippen LogP contribution in [-0.4, -0.2) is 37.2 Å². The SMILES string of the molecule is COc1cccc(C(=O)N(Cc2cccs2)CC2CCCO2)c1. The molecule has 1 aromatic carbocycles. The maximum absolute atomic E-state index is 12.9. The highest BCUT2D eigenvalue weighted by Crippen LogP contribution is 2.20. The predicted octanol–water partition coefficient (Wildman–Crippen LogP) is 3.58. The number of carbonyl (C=O) groups is 1. The lowest BCUT2D eigenvalue weighted by molar-refractivity contribution is 0.0509. The van der Waals surface area contributed by atoms with Crippen LogP contribution in [0.4, 0.5) is 0 Å². The van der Waals surface area contributed by atoms with Gasteiger partial charge in [0.25, 0.3) is 5.91 Å². The van der Waals surface area contributed by atoms with E-state index in [1.165, 1.54) is 4.88 Å². The third kappa shape index (κ3) is 4.12. The fourth-order valence-electron chi connectivity index (χ4n) is 2.78. The first kappa shape index (κ1) is 16.0. The zero-order valence-electron chi connectivity index (χ0n) is 13.2. The van der Waals surface area contributed by atoms with Gasteiger partial charge in [-0.3, -0.25) is 4.79 Å². The Labute approximate surface area is 140 Å². The maximum Gasteiger partial charge on any atom is 0.254 e. The summed E-state index contributed by atoms with van der Waals surface area (Å²) in [5, 5.41) is 2.04. The molecule has 0 aliphatic carbocycles. The Balaban J connectivity index is 1.78. The van der Waals surface area contributed by atoms with E-state index in [1.807, 2.05) is 34.5 Å². The van der Waals surface area contributed by atoms with Crippen molar-refractivity contribution in [2.24, 2.45) is 0 Å². The second kappa shape index (κ2) is 7.62. The Hall–Kier alpha value is -1.85. The molecule has 1 aliphatic rings. The maximum atomic E-state index is 12.9. The monoisotopic (exact) mass is 331 g/mol. The van der Waals surface area contributed by atoms with Gasteiger partial charge in [-0.2, -0.15) is 0 Å². The van der Waals surface area contributed by atoms with Crippen LogP contribution in [0.3, 0.4) is 0 Å². The minimum absolute atomic E-state index is 0.0211. The minimum Gasteiger partial charge on any atom is -0.497 e. The topological polar surface area (TPSA) is 38.8 Å². The van der Waals surface area contributed by atoms with Gasteiger partial charge in [0.1, 0.15) is 5.75 Å². The predicted molar refractivity (Wildman–Crippen MR) is 91.0 cm³/mol. The van der Waals surface area contributed by atoms with Crippen molar-refractivity contribution in [1.29, 1.82) is 0 Å². The van der Waals surface area contributed by atoms with Crippen LogP contribution in [-0.2, 0) is 11.3 Å². The summed E-state index contributed by atoms with van der Waals surface area (Å²) in [5.74, 6) is 0.719. The fourth-order valence-corrected chi connectivity index (χ4v) is 3.50. The molecule has 23 heavy (non-hydrogen) atoms. The number of amides is 1. The van der Waals surface area contributed by atoms with E-state index in [0.717, 1.165) is 19.4 Å². The van der Waals surface area contributed by atoms with Crippen LogP contribution >= 0.6 is 11.3 Å². The quantitative estimate of drug-likeness (QED) is 0.812. The molecule has 1 fully saturated rings. The van der Waals surface area contributed by atoms with Crippen LogP contribution in [0, 0.1) is 0 Å². The van der Waals surface area contributed by atoms with Crippen molar-refractivity contribution in [2.45, 2.75) is 25.5 Å². The summed E-state index contributed by atoms with van der Waals surface area (Å²) in [7, 11) is 1.61. The number of hydrogen-bond acceptors (Lipinski definition) is 4. The number of ether oxygens (including phenoxy) is 2. The number of nitrogens with zero attached hydrogens (tertiary/aromatic N) is 1. The Morgan fingerprint density at radius 3 is 3.00 bits per heavy atom. The van der Waals surface area contributed by atoms with E-state index in [2.05, 4.69) is 6.07 Å². The number of carbonyl (C=O) groups excluding carboxylic acids is 1. The zero-order valence-corrected chi connectivity index (χ0v) is 14.1. The van der Waals surface area contributed by atoms with E-state index < -0.39 is 0 Å². The molecule has 1 amide bonds. The lowest BCUT2D eigenvalue weighted by Crippen LogP contribution is -2.36. The summed E-state index contributed by atoms with van der Waals surface area (Å²) >= 11 is 1.67. The molecule has 0 spiro atoms. The van der Waals surface area contributed by atoms with Crippen LogP contribution in [0.1, 0.15) is 28.1 Å². The third-order valence-electron chi connectivity index (χ3n) is 3.98. The van der Waals surface area contributed by atoms with Gasteiger partial charge >= 0.3 is 0 Å². The van der Waals surface area contributed by atoms with E-state index in [1.54, 1.807) is 24.5 Å². The van der Waals surface area contributed by atoms with Crippen molar-refractivity contribution >= 4 is 17.2 Å². The van der Waals surface area contributed by atoms with Crippen molar-refractivity contribution in [3.8, 4) is 5.75 Å². The van der Waals surface area contributed by atoms with E-state index in [4.69, 9.17) is 9.47 Å². The first-order valence-corrected chi connectivity index (χ1v) is 8.71. The van der Waals surface area contributed by atoms with Crippen molar-refractivity contribution in [2.75, 3.05) is 20.3 Å². The first-order valence-electron chi connectivity index (χ1n) is 7.83. The number of benzene rings is 1. The van der Waals surface area contributed by atoms with Gasteiger partial charge in [-0.25, -0.2) is 0 Å². The second-order valence-electron chi connectivity index (χ2n) is 5.63. The van der Waals surface area contributed by atoms with Crippen molar-refractivity contribution < 1.29 is 14.3 Å². The molecule has 1 atom stereocenters. The largest absolute Gasteiger partial charge is 0.497 e. The molecule has 3 rings (SSSR count). The van der Waals surface area contributed by atoms with Gasteiger partial charge in [0.15, 0.2) is 0 Å². The van der Waals surface area contributed by atoms with Gasteiger partial charge in [-0.1, -0.05) is 12.1 Å². The number of thiophene rings is 1. The van der Waals surface area contributed by atoms with Crippen LogP contribution < -0.4 is 4.74 Å². The lowest BCUT2D eigenvalue weighted by Gasteiger charge is -2.25. The Morgan fingerprint density at radius 2 is 2.30 bits per heavy atom. The van der Waals surface area contributed by atoms with Crippen LogP contribution in [0.25, 0.3) is 0 Å². The average Bonchev–Trinajstić information content (AvgIpc) is 3.27. The smallest absolute Gasteiger partial charge is 0.254 e. The summed E-state index contributed by atoms with van der Waals surface area (Å²) in [5.41, 5.74) is 0.652. The molecule has 0 N–H and O–H groups in total. The molecule has 2 aromatic rings. The highest BCUT2D eigenvalue weighted by atomic mass is 32.1. The van der Waals surface area contributed by atoms with Crippen molar-refractivity contribution in [3.05, 3.63) is 52.2 Å². The number of rotatable bonds is 6. The molecule has 0 saturated carbocycles.